The lowest BCUT2D eigenvalue weighted by molar-refractivity contribution is 1.35. The Bertz CT molecular complexity index is 1020. The van der Waals surface area contributed by atoms with E-state index in [9.17, 15) is 0 Å². The third-order valence-electron chi connectivity index (χ3n) is 4.88. The van der Waals surface area contributed by atoms with Crippen LogP contribution in [0.5, 0.6) is 0 Å². The Morgan fingerprint density at radius 2 is 1.12 bits per heavy atom. The molecule has 0 spiro atoms. The third-order valence-corrected chi connectivity index (χ3v) is 4.88. The first-order valence-corrected chi connectivity index (χ1v) is 8.65. The highest BCUT2D eigenvalue weighted by atomic mass is 14.9. The van der Waals surface area contributed by atoms with Gasteiger partial charge in [-0.1, -0.05) is 72.8 Å². The molecule has 0 bridgehead atoms. The molecular weight excluding hydrogens is 302 g/mol. The van der Waals surface area contributed by atoms with Crippen LogP contribution in [-0.2, 0) is 0 Å². The van der Waals surface area contributed by atoms with E-state index in [0.717, 1.165) is 5.69 Å². The van der Waals surface area contributed by atoms with Gasteiger partial charge in [0.1, 0.15) is 0 Å². The molecular formula is C24H21N. The first-order chi connectivity index (χ1) is 12.3. The molecule has 0 saturated heterocycles. The molecule has 1 heteroatoms. The summed E-state index contributed by atoms with van der Waals surface area (Å²) >= 11 is 0. The van der Waals surface area contributed by atoms with Gasteiger partial charge in [-0.25, -0.2) is 0 Å². The summed E-state index contributed by atoms with van der Waals surface area (Å²) in [6, 6.07) is 29.7. The first kappa shape index (κ1) is 15.5. The molecule has 0 aliphatic rings. The van der Waals surface area contributed by atoms with E-state index >= 15 is 0 Å². The Morgan fingerprint density at radius 1 is 0.560 bits per heavy atom. The standard InChI is InChI=1S/C24H21N/c1-17-18(2)24(25-20-13-7-4-8-14-20)22-16-10-9-15-21(22)23(17)19-11-5-3-6-12-19/h3-16,25H,1-2H3. The van der Waals surface area contributed by atoms with Crippen molar-refractivity contribution in [1.29, 1.82) is 0 Å². The van der Waals surface area contributed by atoms with Crippen LogP contribution in [0.4, 0.5) is 11.4 Å². The number of rotatable bonds is 3. The van der Waals surface area contributed by atoms with E-state index < -0.39 is 0 Å². The van der Waals surface area contributed by atoms with Crippen LogP contribution in [0.25, 0.3) is 21.9 Å². The summed E-state index contributed by atoms with van der Waals surface area (Å²) in [4.78, 5) is 0. The van der Waals surface area contributed by atoms with Crippen molar-refractivity contribution < 1.29 is 0 Å². The van der Waals surface area contributed by atoms with Crippen LogP contribution in [0, 0.1) is 13.8 Å². The molecule has 0 radical (unpaired) electrons. The van der Waals surface area contributed by atoms with Crippen molar-refractivity contribution in [3.63, 3.8) is 0 Å². The van der Waals surface area contributed by atoms with E-state index in [1.165, 1.54) is 38.7 Å². The van der Waals surface area contributed by atoms with Crippen molar-refractivity contribution in [3.05, 3.63) is 96.1 Å². The van der Waals surface area contributed by atoms with E-state index in [4.69, 9.17) is 0 Å². The Balaban J connectivity index is 1.99. The second kappa shape index (κ2) is 6.45. The Labute approximate surface area is 149 Å². The van der Waals surface area contributed by atoms with Gasteiger partial charge in [0.2, 0.25) is 0 Å². The zero-order chi connectivity index (χ0) is 17.2. The highest BCUT2D eigenvalue weighted by Gasteiger charge is 2.15. The number of nitrogens with one attached hydrogen (secondary N) is 1. The van der Waals surface area contributed by atoms with Crippen molar-refractivity contribution in [2.45, 2.75) is 13.8 Å². The second-order valence-electron chi connectivity index (χ2n) is 6.40. The SMILES string of the molecule is Cc1c(C)c(-c2ccccc2)c2ccccc2c1Nc1ccccc1. The monoisotopic (exact) mass is 323 g/mol. The molecule has 0 saturated carbocycles. The molecule has 0 aliphatic heterocycles. The lowest BCUT2D eigenvalue weighted by atomic mass is 9.89. The summed E-state index contributed by atoms with van der Waals surface area (Å²) in [6.07, 6.45) is 0. The number of para-hydroxylation sites is 1. The molecule has 0 atom stereocenters. The predicted octanol–water partition coefficient (Wildman–Crippen LogP) is 6.87. The van der Waals surface area contributed by atoms with Crippen molar-refractivity contribution in [3.8, 4) is 11.1 Å². The zero-order valence-corrected chi connectivity index (χ0v) is 14.6. The van der Waals surface area contributed by atoms with Crippen LogP contribution in [0.2, 0.25) is 0 Å². The van der Waals surface area contributed by atoms with Crippen LogP contribution in [0.1, 0.15) is 11.1 Å². The fourth-order valence-electron chi connectivity index (χ4n) is 3.50. The van der Waals surface area contributed by atoms with Crippen molar-refractivity contribution in [2.75, 3.05) is 5.32 Å². The molecule has 1 N–H and O–H groups in total. The van der Waals surface area contributed by atoms with Gasteiger partial charge < -0.3 is 5.32 Å². The lowest BCUT2D eigenvalue weighted by Gasteiger charge is -2.20. The van der Waals surface area contributed by atoms with Crippen LogP contribution in [-0.4, -0.2) is 0 Å². The molecule has 0 unspecified atom stereocenters. The average molecular weight is 323 g/mol. The van der Waals surface area contributed by atoms with Crippen LogP contribution >= 0.6 is 0 Å². The Kier molecular flexibility index (Phi) is 3.99. The van der Waals surface area contributed by atoms with Crippen molar-refractivity contribution >= 4 is 22.1 Å². The van der Waals surface area contributed by atoms with Gasteiger partial charge in [-0.05, 0) is 53.6 Å². The largest absolute Gasteiger partial charge is 0.355 e. The van der Waals surface area contributed by atoms with E-state index in [0.29, 0.717) is 0 Å². The van der Waals surface area contributed by atoms with Gasteiger partial charge >= 0.3 is 0 Å². The fourth-order valence-corrected chi connectivity index (χ4v) is 3.50. The normalized spacial score (nSPS) is 10.8. The lowest BCUT2D eigenvalue weighted by Crippen LogP contribution is -1.99. The quantitative estimate of drug-likeness (QED) is 0.434. The molecule has 0 amide bonds. The van der Waals surface area contributed by atoms with Crippen LogP contribution < -0.4 is 5.32 Å². The average Bonchev–Trinajstić information content (AvgIpc) is 2.67. The minimum atomic E-state index is 1.11. The van der Waals surface area contributed by atoms with E-state index in [1.807, 2.05) is 6.07 Å². The maximum atomic E-state index is 3.63. The molecule has 25 heavy (non-hydrogen) atoms. The van der Waals surface area contributed by atoms with E-state index in [-0.39, 0.29) is 0 Å². The number of anilines is 2. The van der Waals surface area contributed by atoms with E-state index in [2.05, 4.69) is 98.0 Å². The molecule has 122 valence electrons. The summed E-state index contributed by atoms with van der Waals surface area (Å²) in [5.41, 5.74) is 7.52. The Hall–Kier alpha value is -3.06. The molecule has 4 aromatic carbocycles. The molecule has 4 rings (SSSR count). The Morgan fingerprint density at radius 3 is 1.80 bits per heavy atom. The summed E-state index contributed by atoms with van der Waals surface area (Å²) in [5.74, 6) is 0. The van der Waals surface area contributed by atoms with Crippen molar-refractivity contribution in [2.24, 2.45) is 0 Å². The van der Waals surface area contributed by atoms with Gasteiger partial charge in [-0.15, -0.1) is 0 Å². The third kappa shape index (κ3) is 2.78. The topological polar surface area (TPSA) is 12.0 Å². The number of benzene rings is 4. The van der Waals surface area contributed by atoms with Gasteiger partial charge in [0, 0.05) is 16.8 Å². The predicted molar refractivity (Wildman–Crippen MR) is 109 cm³/mol. The zero-order valence-electron chi connectivity index (χ0n) is 14.6. The molecule has 0 aliphatic carbocycles. The number of fused-ring (bicyclic) bond motifs is 1. The summed E-state index contributed by atoms with van der Waals surface area (Å²) in [6.45, 7) is 4.43. The maximum absolute atomic E-state index is 3.63. The number of hydrogen-bond donors (Lipinski definition) is 1. The number of hydrogen-bond acceptors (Lipinski definition) is 1. The summed E-state index contributed by atoms with van der Waals surface area (Å²) in [5, 5.41) is 6.18. The summed E-state index contributed by atoms with van der Waals surface area (Å²) < 4.78 is 0. The van der Waals surface area contributed by atoms with Crippen LogP contribution in [0.15, 0.2) is 84.9 Å². The van der Waals surface area contributed by atoms with Gasteiger partial charge in [-0.3, -0.25) is 0 Å². The highest BCUT2D eigenvalue weighted by molar-refractivity contribution is 6.07. The smallest absolute Gasteiger partial charge is 0.0496 e. The van der Waals surface area contributed by atoms with Gasteiger partial charge in [0.05, 0.1) is 0 Å². The van der Waals surface area contributed by atoms with E-state index in [1.54, 1.807) is 0 Å². The minimum Gasteiger partial charge on any atom is -0.355 e. The van der Waals surface area contributed by atoms with Crippen LogP contribution in [0.3, 0.4) is 0 Å². The molecule has 0 aromatic heterocycles. The van der Waals surface area contributed by atoms with Crippen molar-refractivity contribution in [1.82, 2.24) is 0 Å². The fraction of sp³-hybridized carbons (Fsp3) is 0.0833. The molecule has 4 aromatic rings. The maximum Gasteiger partial charge on any atom is 0.0496 e. The molecule has 1 nitrogen and oxygen atoms in total. The minimum absolute atomic E-state index is 1.11. The first-order valence-electron chi connectivity index (χ1n) is 8.65. The second-order valence-corrected chi connectivity index (χ2v) is 6.40. The summed E-state index contributed by atoms with van der Waals surface area (Å²) in [7, 11) is 0. The van der Waals surface area contributed by atoms with Gasteiger partial charge in [-0.2, -0.15) is 0 Å². The van der Waals surface area contributed by atoms with Gasteiger partial charge in [0.25, 0.3) is 0 Å². The molecule has 0 fully saturated rings. The highest BCUT2D eigenvalue weighted by Crippen LogP contribution is 2.40. The van der Waals surface area contributed by atoms with Gasteiger partial charge in [0.15, 0.2) is 0 Å². The molecule has 0 heterocycles.